The summed E-state index contributed by atoms with van der Waals surface area (Å²) in [6, 6.07) is 21.1. The summed E-state index contributed by atoms with van der Waals surface area (Å²) in [4.78, 5) is 164. The predicted molar refractivity (Wildman–Crippen MR) is 460 cm³/mol. The number of ether oxygens (including phenoxy) is 10. The maximum Gasteiger partial charge on any atom is 0.515 e. The van der Waals surface area contributed by atoms with E-state index in [-0.39, 0.29) is 91.9 Å². The Labute approximate surface area is 751 Å². The minimum Gasteiger partial charge on any atom is -0.434 e. The number of hydrogen-bond acceptors (Lipinski definition) is 46. The molecule has 0 radical (unpaired) electrons. The van der Waals surface area contributed by atoms with Gasteiger partial charge in [-0.25, -0.2) is 19.2 Å². The van der Waals surface area contributed by atoms with Crippen LogP contribution in [-0.2, 0) is 68.6 Å². The SMILES string of the molecule is CC(OC(=O)OCCOCCO[N+](=O)[O-])N1CCN=C1Nc1ccc2nccnc2c1Br.CC(OC(=O)Oc1ccccc1CO[N+](=O)[O-])N1CCN=C1Nc1ccc2nccnc2c1Br.O=C(OCCCCO[N+](=O)[O-])OCN1CCN=C1Nc1ccc2nccnc2c1Br.O=C(OCCOCCO[N+](=O)[O-])OCN1CCN=C1Nc1ccc2nccnc2c1Br. The monoisotopic (exact) mass is 2020 g/mol. The van der Waals surface area contributed by atoms with Gasteiger partial charge >= 0.3 is 24.6 Å². The van der Waals surface area contributed by atoms with E-state index < -0.39 is 57.4 Å². The molecule has 2 unspecified atom stereocenters. The highest BCUT2D eigenvalue weighted by Crippen LogP contribution is 2.34. The molecule has 0 bridgehead atoms. The first-order chi connectivity index (χ1) is 61.5. The van der Waals surface area contributed by atoms with Gasteiger partial charge in [0.1, 0.15) is 60.9 Å². The van der Waals surface area contributed by atoms with Gasteiger partial charge in [-0.2, -0.15) is 0 Å². The lowest BCUT2D eigenvalue weighted by Crippen LogP contribution is -2.42. The molecule has 4 N–H and O–H groups in total. The van der Waals surface area contributed by atoms with Gasteiger partial charge in [0.25, 0.3) is 20.3 Å². The van der Waals surface area contributed by atoms with Gasteiger partial charge in [0.05, 0.1) is 129 Å². The third-order valence-electron chi connectivity index (χ3n) is 17.2. The van der Waals surface area contributed by atoms with Gasteiger partial charge in [-0.05, 0) is 145 Å². The van der Waals surface area contributed by atoms with Crippen molar-refractivity contribution in [2.45, 2.75) is 45.8 Å². The number of aromatic nitrogens is 8. The summed E-state index contributed by atoms with van der Waals surface area (Å²) in [5.74, 6) is 2.28. The Bertz CT molecular complexity index is 5450. The summed E-state index contributed by atoms with van der Waals surface area (Å²) in [5.41, 5.74) is 9.17. The summed E-state index contributed by atoms with van der Waals surface area (Å²) >= 11 is 14.2. The van der Waals surface area contributed by atoms with Gasteiger partial charge < -0.3 is 108 Å². The smallest absolute Gasteiger partial charge is 0.434 e. The second-order valence-corrected chi connectivity index (χ2v) is 28.6. The number of carbonyl (C=O) groups excluding carboxylic acids is 4. The fourth-order valence-electron chi connectivity index (χ4n) is 11.3. The average Bonchev–Trinajstić information content (AvgIpc) is 1.77. The van der Waals surface area contributed by atoms with Crippen LogP contribution in [0.3, 0.4) is 0 Å². The standard InChI is InChI=1S/C21H19BrN6O6.C18H21BrN6O7.C17H19BrN6O7.C17H19BrN6O6/c1-13(33-21(29)34-17-5-3-2-4-14(17)12-32-28(30)31)27-11-10-25-20(27)26-15-6-7-16-19(18(15)22)24-9-8-23-16;1-12(32-18(26)30-10-8-29-9-11-31-25(27)28)24-7-6-22-17(24)23-13-2-3-14-16(15(13)19)21-5-4-20-14;18-14-12(1-2-13-15(14)20-4-3-19-13)22-16-21-5-6-23(16)11-30-17(25)29-9-7-28-8-10-31-24(26)27;18-14-12(3-4-13-15(14)20-6-5-19-13)22-16-21-7-8-23(16)11-29-17(25)28-9-1-2-10-30-24(26)27/h2-9,13H,10-12H2,1H3,(H,25,26);2-5,12H,6-11H2,1H3,(H,22,23);1-4H,5-11H2,(H,21,22);3-6H,1-2,7-11H2,(H,21,22). The fourth-order valence-corrected chi connectivity index (χ4v) is 13.5. The minimum absolute atomic E-state index is 0.00494. The van der Waals surface area contributed by atoms with E-state index in [0.29, 0.717) is 111 Å². The predicted octanol–water partition coefficient (Wildman–Crippen LogP) is 10.3. The molecule has 0 saturated heterocycles. The number of hydrogen-bond donors (Lipinski definition) is 4. The Kier molecular flexibility index (Phi) is 37.3. The van der Waals surface area contributed by atoms with E-state index in [9.17, 15) is 59.6 Å². The van der Waals surface area contributed by atoms with E-state index in [0.717, 1.165) is 68.2 Å². The van der Waals surface area contributed by atoms with Gasteiger partial charge in [0.15, 0.2) is 25.9 Å². The zero-order valence-electron chi connectivity index (χ0n) is 67.0. The molecule has 0 fully saturated rings. The zero-order valence-corrected chi connectivity index (χ0v) is 73.4. The van der Waals surface area contributed by atoms with Crippen molar-refractivity contribution in [2.24, 2.45) is 20.0 Å². The van der Waals surface area contributed by atoms with Gasteiger partial charge in [-0.15, -0.1) is 40.5 Å². The molecular weight excluding hydrogens is 1950 g/mol. The lowest BCUT2D eigenvalue weighted by Gasteiger charge is -2.27. The summed E-state index contributed by atoms with van der Waals surface area (Å²) in [7, 11) is 0. The van der Waals surface area contributed by atoms with Crippen molar-refractivity contribution in [3.63, 3.8) is 0 Å². The molecule has 0 aliphatic carbocycles. The van der Waals surface area contributed by atoms with Crippen LogP contribution in [0.25, 0.3) is 44.1 Å². The first-order valence-corrected chi connectivity index (χ1v) is 41.1. The highest BCUT2D eigenvalue weighted by Gasteiger charge is 2.30. The van der Waals surface area contributed by atoms with E-state index in [1.165, 1.54) is 6.07 Å². The van der Waals surface area contributed by atoms with Crippen molar-refractivity contribution in [1.29, 1.82) is 0 Å². The Morgan fingerprint density at radius 2 is 0.724 bits per heavy atom. The van der Waals surface area contributed by atoms with Crippen molar-refractivity contribution in [3.8, 4) is 5.75 Å². The number of carbonyl (C=O) groups is 4. The first-order valence-electron chi connectivity index (χ1n) is 38.0. The third-order valence-corrected chi connectivity index (χ3v) is 20.4. The van der Waals surface area contributed by atoms with Gasteiger partial charge in [-0.3, -0.25) is 59.8 Å². The van der Waals surface area contributed by atoms with Gasteiger partial charge in [-0.1, -0.05) is 18.2 Å². The molecule has 4 aromatic heterocycles. The number of rotatable bonds is 36. The zero-order chi connectivity index (χ0) is 90.4. The van der Waals surface area contributed by atoms with Crippen LogP contribution in [0.1, 0.15) is 32.3 Å². The molecule has 8 heterocycles. The summed E-state index contributed by atoms with van der Waals surface area (Å²) in [5, 5.41) is 49.8. The number of unbranched alkanes of at least 4 members (excludes halogenated alkanes) is 1. The number of fused-ring (bicyclic) bond motifs is 4. The molecule has 9 aromatic rings. The van der Waals surface area contributed by atoms with Crippen molar-refractivity contribution >= 4 is 179 Å². The summed E-state index contributed by atoms with van der Waals surface area (Å²) in [6.45, 7) is 7.02. The highest BCUT2D eigenvalue weighted by atomic mass is 79.9. The fraction of sp³-hybridized carbons (Fsp3) is 0.370. The quantitative estimate of drug-likeness (QED) is 0.00708. The Morgan fingerprint density at radius 1 is 0.386 bits per heavy atom. The van der Waals surface area contributed by atoms with Crippen LogP contribution in [0, 0.1) is 40.5 Å². The van der Waals surface area contributed by atoms with E-state index in [1.807, 2.05) is 48.5 Å². The Hall–Kier alpha value is -13.7. The summed E-state index contributed by atoms with van der Waals surface area (Å²) < 4.78 is 54.0. The lowest BCUT2D eigenvalue weighted by molar-refractivity contribution is -0.763. The number of guanidine groups is 4. The van der Waals surface area contributed by atoms with Crippen LogP contribution >= 0.6 is 63.7 Å². The molecule has 4 aliphatic heterocycles. The van der Waals surface area contributed by atoms with E-state index in [2.05, 4.69) is 164 Å². The van der Waals surface area contributed by atoms with Crippen molar-refractivity contribution in [1.82, 2.24) is 59.5 Å². The number of aliphatic imine (C=N–C) groups is 4. The molecule has 4 aliphatic rings. The average molecular weight is 2030 g/mol. The highest BCUT2D eigenvalue weighted by molar-refractivity contribution is 9.11. The molecule has 2 atom stereocenters. The molecule has 54 heteroatoms. The third kappa shape index (κ3) is 30.0. The molecule has 0 spiro atoms. The van der Waals surface area contributed by atoms with E-state index in [4.69, 9.17) is 47.4 Å². The van der Waals surface area contributed by atoms with E-state index >= 15 is 0 Å². The Morgan fingerprint density at radius 3 is 1.14 bits per heavy atom. The van der Waals surface area contributed by atoms with Crippen LogP contribution in [0.2, 0.25) is 0 Å². The number of nitrogens with zero attached hydrogens (tertiary/aromatic N) is 20. The number of anilines is 4. The number of nitrogens with one attached hydrogen (secondary N) is 4. The first kappa shape index (κ1) is 95.5. The maximum absolute atomic E-state index is 12.4. The lowest BCUT2D eigenvalue weighted by atomic mass is 10.2. The molecule has 127 heavy (non-hydrogen) atoms. The molecule has 50 nitrogen and oxygen atoms in total. The second-order valence-electron chi connectivity index (χ2n) is 25.5. The normalized spacial score (nSPS) is 13.5. The number of benzene rings is 5. The molecule has 13 rings (SSSR count). The molecule has 0 saturated carbocycles. The van der Waals surface area contributed by atoms with E-state index in [1.54, 1.807) is 101 Å². The number of para-hydroxylation sites is 1. The molecule has 5 aromatic carbocycles. The largest absolute Gasteiger partial charge is 0.515 e. The van der Waals surface area contributed by atoms with Crippen LogP contribution < -0.4 is 26.0 Å². The van der Waals surface area contributed by atoms with Gasteiger partial charge in [0.2, 0.25) is 23.8 Å². The van der Waals surface area contributed by atoms with Crippen molar-refractivity contribution in [3.05, 3.63) is 186 Å². The van der Waals surface area contributed by atoms with Crippen LogP contribution in [0.15, 0.2) is 160 Å². The van der Waals surface area contributed by atoms with Crippen LogP contribution in [0.4, 0.5) is 41.9 Å². The molecule has 674 valence electrons. The Balaban J connectivity index is 0.000000177. The minimum atomic E-state index is -0.963. The summed E-state index contributed by atoms with van der Waals surface area (Å²) in [6.07, 6.45) is 8.92. The molecular formula is C73H78Br4N24O26. The van der Waals surface area contributed by atoms with Crippen molar-refractivity contribution in [2.75, 3.05) is 153 Å². The van der Waals surface area contributed by atoms with Gasteiger partial charge in [0, 0.05) is 81.3 Å². The molecule has 0 amide bonds. The maximum atomic E-state index is 12.4. The van der Waals surface area contributed by atoms with Crippen LogP contribution in [0.5, 0.6) is 5.75 Å². The van der Waals surface area contributed by atoms with Crippen LogP contribution in [-0.4, -0.2) is 273 Å². The number of halogens is 4. The van der Waals surface area contributed by atoms with Crippen molar-refractivity contribution < 1.29 is 106 Å². The second kappa shape index (κ2) is 49.7. The topological polar surface area (TPSA) is 584 Å².